The lowest BCUT2D eigenvalue weighted by Gasteiger charge is -2.22. The molecule has 1 aromatic rings. The summed E-state index contributed by atoms with van der Waals surface area (Å²) < 4.78 is 0.761. The molecule has 1 amide bonds. The third kappa shape index (κ3) is 3.60. The summed E-state index contributed by atoms with van der Waals surface area (Å²) in [6, 6.07) is 1.50. The number of rotatable bonds is 5. The lowest BCUT2D eigenvalue weighted by atomic mass is 10.1. The molecular formula is C11H13Cl2NO3S. The van der Waals surface area contributed by atoms with Gasteiger partial charge in [0.15, 0.2) is 0 Å². The van der Waals surface area contributed by atoms with Crippen LogP contribution in [-0.4, -0.2) is 35.0 Å². The first-order chi connectivity index (χ1) is 8.36. The lowest BCUT2D eigenvalue weighted by Crippen LogP contribution is -2.36. The second-order valence-corrected chi connectivity index (χ2v) is 6.11. The normalized spacial score (nSPS) is 12.2. The number of amides is 1. The average Bonchev–Trinajstić information content (AvgIpc) is 2.63. The highest BCUT2D eigenvalue weighted by molar-refractivity contribution is 7.20. The Kier molecular flexibility index (Phi) is 5.44. The Morgan fingerprint density at radius 2 is 2.11 bits per heavy atom. The summed E-state index contributed by atoms with van der Waals surface area (Å²) >= 11 is 12.8. The quantitative estimate of drug-likeness (QED) is 0.908. The molecule has 0 fully saturated rings. The van der Waals surface area contributed by atoms with Crippen molar-refractivity contribution >= 4 is 46.4 Å². The molecule has 1 N–H and O–H groups in total. The van der Waals surface area contributed by atoms with Crippen LogP contribution < -0.4 is 0 Å². The predicted molar refractivity (Wildman–Crippen MR) is 72.7 cm³/mol. The van der Waals surface area contributed by atoms with Crippen molar-refractivity contribution in [3.63, 3.8) is 0 Å². The van der Waals surface area contributed by atoms with Crippen LogP contribution in [-0.2, 0) is 4.79 Å². The predicted octanol–water partition coefficient (Wildman–Crippen LogP) is 3.24. The molecule has 0 saturated carbocycles. The van der Waals surface area contributed by atoms with Gasteiger partial charge >= 0.3 is 5.97 Å². The minimum atomic E-state index is -0.935. The van der Waals surface area contributed by atoms with Gasteiger partial charge in [-0.25, -0.2) is 0 Å². The topological polar surface area (TPSA) is 57.6 Å². The van der Waals surface area contributed by atoms with Gasteiger partial charge in [-0.05, 0) is 13.0 Å². The van der Waals surface area contributed by atoms with Crippen LogP contribution in [0, 0.1) is 5.92 Å². The molecule has 0 bridgehead atoms. The lowest BCUT2D eigenvalue weighted by molar-refractivity contribution is -0.141. The fourth-order valence-electron chi connectivity index (χ4n) is 1.42. The smallest absolute Gasteiger partial charge is 0.308 e. The van der Waals surface area contributed by atoms with Gasteiger partial charge in [-0.15, -0.1) is 11.3 Å². The molecule has 1 heterocycles. The van der Waals surface area contributed by atoms with E-state index in [2.05, 4.69) is 0 Å². The summed E-state index contributed by atoms with van der Waals surface area (Å²) in [6.45, 7) is 3.91. The molecule has 1 aromatic heterocycles. The van der Waals surface area contributed by atoms with Crippen molar-refractivity contribution in [3.05, 3.63) is 20.3 Å². The van der Waals surface area contributed by atoms with E-state index in [0.717, 1.165) is 11.3 Å². The summed E-state index contributed by atoms with van der Waals surface area (Å²) in [5, 5.41) is 8.85. The second-order valence-electron chi connectivity index (χ2n) is 3.82. The van der Waals surface area contributed by atoms with Crippen molar-refractivity contribution in [1.82, 2.24) is 4.90 Å². The molecule has 0 aliphatic rings. The first kappa shape index (κ1) is 15.3. The fourth-order valence-corrected chi connectivity index (χ4v) is 2.87. The Morgan fingerprint density at radius 3 is 2.50 bits per heavy atom. The maximum atomic E-state index is 12.2. The molecule has 1 unspecified atom stereocenters. The van der Waals surface area contributed by atoms with E-state index in [-0.39, 0.29) is 12.5 Å². The van der Waals surface area contributed by atoms with Gasteiger partial charge in [0.25, 0.3) is 5.91 Å². The summed E-state index contributed by atoms with van der Waals surface area (Å²) in [5.41, 5.74) is 0.325. The molecule has 0 aliphatic heterocycles. The van der Waals surface area contributed by atoms with E-state index in [1.807, 2.05) is 0 Å². The van der Waals surface area contributed by atoms with Gasteiger partial charge in [-0.2, -0.15) is 0 Å². The zero-order valence-electron chi connectivity index (χ0n) is 9.94. The first-order valence-electron chi connectivity index (χ1n) is 5.33. The minimum absolute atomic E-state index is 0.147. The van der Waals surface area contributed by atoms with Gasteiger partial charge in [-0.3, -0.25) is 9.59 Å². The summed E-state index contributed by atoms with van der Waals surface area (Å²) in [7, 11) is 0. The van der Waals surface area contributed by atoms with E-state index in [0.29, 0.717) is 20.8 Å². The van der Waals surface area contributed by atoms with Crippen molar-refractivity contribution in [2.24, 2.45) is 5.92 Å². The highest BCUT2D eigenvalue weighted by atomic mass is 35.5. The number of hydrogen-bond acceptors (Lipinski definition) is 3. The molecule has 0 saturated heterocycles. The maximum Gasteiger partial charge on any atom is 0.308 e. The Balaban J connectivity index is 2.86. The van der Waals surface area contributed by atoms with Crippen LogP contribution >= 0.6 is 34.5 Å². The number of halogens is 2. The zero-order valence-corrected chi connectivity index (χ0v) is 12.3. The number of carbonyl (C=O) groups is 2. The number of carbonyl (C=O) groups excluding carboxylic acids is 1. The van der Waals surface area contributed by atoms with Gasteiger partial charge in [0.05, 0.1) is 15.8 Å². The van der Waals surface area contributed by atoms with E-state index in [1.54, 1.807) is 13.8 Å². The molecule has 0 radical (unpaired) electrons. The van der Waals surface area contributed by atoms with Crippen molar-refractivity contribution in [2.75, 3.05) is 13.1 Å². The molecule has 0 spiro atoms. The molecule has 1 atom stereocenters. The third-order valence-corrected chi connectivity index (χ3v) is 3.96. The summed E-state index contributed by atoms with van der Waals surface area (Å²) in [5.74, 6) is -1.85. The largest absolute Gasteiger partial charge is 0.481 e. The summed E-state index contributed by atoms with van der Waals surface area (Å²) in [4.78, 5) is 24.4. The second kappa shape index (κ2) is 6.41. The zero-order chi connectivity index (χ0) is 13.9. The van der Waals surface area contributed by atoms with Gasteiger partial charge in [0.1, 0.15) is 4.34 Å². The molecule has 1 rings (SSSR count). The Morgan fingerprint density at radius 1 is 1.50 bits per heavy atom. The van der Waals surface area contributed by atoms with Crippen LogP contribution in [0.3, 0.4) is 0 Å². The molecular weight excluding hydrogens is 297 g/mol. The van der Waals surface area contributed by atoms with E-state index in [4.69, 9.17) is 28.3 Å². The highest BCUT2D eigenvalue weighted by Crippen LogP contribution is 2.32. The van der Waals surface area contributed by atoms with Crippen LogP contribution in [0.2, 0.25) is 8.67 Å². The number of carboxylic acid groups (broad SMARTS) is 1. The molecule has 0 aliphatic carbocycles. The monoisotopic (exact) mass is 309 g/mol. The fraction of sp³-hybridized carbons (Fsp3) is 0.455. The number of aliphatic carboxylic acids is 1. The van der Waals surface area contributed by atoms with Crippen LogP contribution in [0.4, 0.5) is 0 Å². The number of hydrogen-bond donors (Lipinski definition) is 1. The first-order valence-corrected chi connectivity index (χ1v) is 6.91. The van der Waals surface area contributed by atoms with Crippen LogP contribution in [0.5, 0.6) is 0 Å². The van der Waals surface area contributed by atoms with Crippen LogP contribution in [0.25, 0.3) is 0 Å². The average molecular weight is 310 g/mol. The third-order valence-electron chi connectivity index (χ3n) is 2.47. The molecule has 7 heteroatoms. The number of thiophene rings is 1. The van der Waals surface area contributed by atoms with Crippen molar-refractivity contribution in [2.45, 2.75) is 13.8 Å². The SMILES string of the molecule is CCN(CC(C)C(=O)O)C(=O)c1cc(Cl)sc1Cl. The van der Waals surface area contributed by atoms with Gasteiger partial charge in [-0.1, -0.05) is 30.1 Å². The van der Waals surface area contributed by atoms with E-state index in [1.165, 1.54) is 11.0 Å². The van der Waals surface area contributed by atoms with Crippen molar-refractivity contribution in [1.29, 1.82) is 0 Å². The van der Waals surface area contributed by atoms with Crippen molar-refractivity contribution in [3.8, 4) is 0 Å². The number of carboxylic acids is 1. The van der Waals surface area contributed by atoms with Gasteiger partial charge in [0, 0.05) is 13.1 Å². The molecule has 18 heavy (non-hydrogen) atoms. The minimum Gasteiger partial charge on any atom is -0.481 e. The Bertz CT molecular complexity index is 461. The van der Waals surface area contributed by atoms with E-state index in [9.17, 15) is 9.59 Å². The Hall–Kier alpha value is -0.780. The maximum absolute atomic E-state index is 12.2. The van der Waals surface area contributed by atoms with Crippen molar-refractivity contribution < 1.29 is 14.7 Å². The van der Waals surface area contributed by atoms with Crippen LogP contribution in [0.15, 0.2) is 6.07 Å². The molecule has 0 aromatic carbocycles. The van der Waals surface area contributed by atoms with Gasteiger partial charge in [0.2, 0.25) is 0 Å². The van der Waals surface area contributed by atoms with E-state index < -0.39 is 11.9 Å². The highest BCUT2D eigenvalue weighted by Gasteiger charge is 2.23. The Labute approximate surface area is 119 Å². The number of nitrogens with zero attached hydrogens (tertiary/aromatic N) is 1. The van der Waals surface area contributed by atoms with Gasteiger partial charge < -0.3 is 10.0 Å². The molecule has 100 valence electrons. The van der Waals surface area contributed by atoms with Crippen LogP contribution in [0.1, 0.15) is 24.2 Å². The summed E-state index contributed by atoms with van der Waals surface area (Å²) in [6.07, 6.45) is 0. The van der Waals surface area contributed by atoms with E-state index >= 15 is 0 Å². The molecule has 4 nitrogen and oxygen atoms in total. The standard InChI is InChI=1S/C11H13Cl2NO3S/c1-3-14(5-6(2)11(16)17)10(15)7-4-8(12)18-9(7)13/h4,6H,3,5H2,1-2H3,(H,16,17).